The zero-order chi connectivity index (χ0) is 22.1. The molecule has 0 amide bonds. The van der Waals surface area contributed by atoms with Crippen LogP contribution in [0.3, 0.4) is 0 Å². The average Bonchev–Trinajstić information content (AvgIpc) is 2.67. The fraction of sp³-hybridized carbons (Fsp3) is 0.750. The molecule has 29 heavy (non-hydrogen) atoms. The van der Waals surface area contributed by atoms with Crippen molar-refractivity contribution in [1.29, 1.82) is 0 Å². The molecular formula is C20H34N2O7. The fourth-order valence-corrected chi connectivity index (χ4v) is 2.99. The number of hydrogen-bond donors (Lipinski definition) is 2. The number of unbranched alkanes of at least 4 members (excludes halogenated alkanes) is 4. The van der Waals surface area contributed by atoms with Crippen molar-refractivity contribution in [2.45, 2.75) is 95.4 Å². The Bertz CT molecular complexity index is 537. The minimum Gasteiger partial charge on any atom is -0.386 e. The number of carbonyl (C=O) groups excluding carboxylic acids is 1. The molecule has 4 atom stereocenters. The van der Waals surface area contributed by atoms with Gasteiger partial charge in [-0.1, -0.05) is 44.1 Å². The molecule has 0 aromatic heterocycles. The molecule has 9 nitrogen and oxygen atoms in total. The van der Waals surface area contributed by atoms with E-state index in [0.717, 1.165) is 19.1 Å². The van der Waals surface area contributed by atoms with Gasteiger partial charge in [0.1, 0.15) is 18.5 Å². The Labute approximate surface area is 171 Å². The van der Waals surface area contributed by atoms with E-state index in [2.05, 4.69) is 0 Å². The zero-order valence-corrected chi connectivity index (χ0v) is 17.1. The van der Waals surface area contributed by atoms with E-state index in [1.54, 1.807) is 12.2 Å². The first kappa shape index (κ1) is 26.9. The van der Waals surface area contributed by atoms with Crippen LogP contribution >= 0.6 is 0 Å². The molecule has 0 spiro atoms. The summed E-state index contributed by atoms with van der Waals surface area (Å²) in [5, 5.41) is 42.9. The molecule has 0 aromatic rings. The van der Waals surface area contributed by atoms with Crippen molar-refractivity contribution in [1.82, 2.24) is 0 Å². The maximum Gasteiger partial charge on any atom is 0.241 e. The summed E-state index contributed by atoms with van der Waals surface area (Å²) in [6.07, 6.45) is 9.65. The predicted octanol–water partition coefficient (Wildman–Crippen LogP) is 3.23. The first-order valence-electron chi connectivity index (χ1n) is 10.2. The number of aldehydes is 1. The van der Waals surface area contributed by atoms with Crippen LogP contribution < -0.4 is 0 Å². The molecule has 0 aliphatic carbocycles. The Morgan fingerprint density at radius 2 is 1.48 bits per heavy atom. The van der Waals surface area contributed by atoms with Crippen LogP contribution in [0.2, 0.25) is 0 Å². The third-order valence-corrected chi connectivity index (χ3v) is 4.70. The molecule has 0 radical (unpaired) electrons. The van der Waals surface area contributed by atoms with Crippen LogP contribution in [-0.2, 0) is 4.79 Å². The normalized spacial score (nSPS) is 16.0. The zero-order valence-electron chi connectivity index (χ0n) is 17.1. The third kappa shape index (κ3) is 12.8. The lowest BCUT2D eigenvalue weighted by Crippen LogP contribution is -2.42. The van der Waals surface area contributed by atoms with Gasteiger partial charge in [0.05, 0.1) is 6.42 Å². The van der Waals surface area contributed by atoms with E-state index in [-0.39, 0.29) is 12.8 Å². The molecule has 0 saturated carbocycles. The number of nitrogens with zero attached hydrogens (tertiary/aromatic N) is 2. The molecule has 166 valence electrons. The van der Waals surface area contributed by atoms with Crippen molar-refractivity contribution in [2.75, 3.05) is 0 Å². The van der Waals surface area contributed by atoms with Gasteiger partial charge in [-0.15, -0.1) is 0 Å². The van der Waals surface area contributed by atoms with Crippen molar-refractivity contribution in [3.05, 3.63) is 44.5 Å². The number of hydrogen-bond acceptors (Lipinski definition) is 7. The molecule has 0 saturated heterocycles. The van der Waals surface area contributed by atoms with Gasteiger partial charge in [0.15, 0.2) is 0 Å². The topological polar surface area (TPSA) is 144 Å². The lowest BCUT2D eigenvalue weighted by atomic mass is 9.94. The molecule has 0 aliphatic rings. The van der Waals surface area contributed by atoms with Gasteiger partial charge in [0.2, 0.25) is 12.1 Å². The molecule has 4 unspecified atom stereocenters. The summed E-state index contributed by atoms with van der Waals surface area (Å²) >= 11 is 0. The second-order valence-corrected chi connectivity index (χ2v) is 7.06. The van der Waals surface area contributed by atoms with E-state index < -0.39 is 40.6 Å². The first-order chi connectivity index (χ1) is 13.8. The van der Waals surface area contributed by atoms with E-state index >= 15 is 0 Å². The van der Waals surface area contributed by atoms with Crippen molar-refractivity contribution in [3.63, 3.8) is 0 Å². The van der Waals surface area contributed by atoms with Crippen LogP contribution in [0, 0.1) is 20.2 Å². The lowest BCUT2D eigenvalue weighted by Gasteiger charge is -2.20. The maximum absolute atomic E-state index is 11.3. The van der Waals surface area contributed by atoms with Crippen LogP contribution in [0.15, 0.2) is 24.3 Å². The SMILES string of the molecule is CC/C=C\C/C=C\CC(O)C(CC(O)C(CCCCCCC=O)[N+](=O)[O-])[N+](=O)[O-]. The van der Waals surface area contributed by atoms with Crippen LogP contribution in [0.4, 0.5) is 0 Å². The van der Waals surface area contributed by atoms with Gasteiger partial charge >= 0.3 is 0 Å². The highest BCUT2D eigenvalue weighted by Gasteiger charge is 2.38. The Morgan fingerprint density at radius 1 is 0.862 bits per heavy atom. The molecule has 0 aliphatic heterocycles. The van der Waals surface area contributed by atoms with Gasteiger partial charge in [-0.2, -0.15) is 0 Å². The van der Waals surface area contributed by atoms with E-state index in [1.165, 1.54) is 0 Å². The van der Waals surface area contributed by atoms with E-state index in [1.807, 2.05) is 19.1 Å². The summed E-state index contributed by atoms with van der Waals surface area (Å²) in [4.78, 5) is 31.5. The quantitative estimate of drug-likeness (QED) is 0.115. The van der Waals surface area contributed by atoms with Crippen molar-refractivity contribution in [3.8, 4) is 0 Å². The van der Waals surface area contributed by atoms with Crippen molar-refractivity contribution >= 4 is 6.29 Å². The van der Waals surface area contributed by atoms with Gasteiger partial charge in [-0.3, -0.25) is 20.2 Å². The van der Waals surface area contributed by atoms with Crippen LogP contribution in [-0.4, -0.2) is 50.6 Å². The summed E-state index contributed by atoms with van der Waals surface area (Å²) < 4.78 is 0. The van der Waals surface area contributed by atoms with Gasteiger partial charge in [-0.25, -0.2) is 0 Å². The molecule has 0 bridgehead atoms. The Morgan fingerprint density at radius 3 is 2.07 bits per heavy atom. The van der Waals surface area contributed by atoms with Gasteiger partial charge in [0.25, 0.3) is 0 Å². The van der Waals surface area contributed by atoms with E-state index in [4.69, 9.17) is 0 Å². The van der Waals surface area contributed by atoms with Crippen molar-refractivity contribution in [2.24, 2.45) is 0 Å². The largest absolute Gasteiger partial charge is 0.386 e. The molecular weight excluding hydrogens is 380 g/mol. The van der Waals surface area contributed by atoms with E-state index in [9.17, 15) is 35.2 Å². The smallest absolute Gasteiger partial charge is 0.241 e. The summed E-state index contributed by atoms with van der Waals surface area (Å²) in [6.45, 7) is 2.00. The third-order valence-electron chi connectivity index (χ3n) is 4.70. The Kier molecular flexibility index (Phi) is 15.6. The number of aliphatic hydroxyl groups is 2. The molecule has 9 heteroatoms. The van der Waals surface area contributed by atoms with Crippen LogP contribution in [0.5, 0.6) is 0 Å². The number of carbonyl (C=O) groups is 1. The highest BCUT2D eigenvalue weighted by Crippen LogP contribution is 2.18. The highest BCUT2D eigenvalue weighted by molar-refractivity contribution is 5.48. The second kappa shape index (κ2) is 16.8. The fourth-order valence-electron chi connectivity index (χ4n) is 2.99. The monoisotopic (exact) mass is 414 g/mol. The van der Waals surface area contributed by atoms with Crippen LogP contribution in [0.1, 0.15) is 71.1 Å². The Balaban J connectivity index is 4.66. The van der Waals surface area contributed by atoms with Gasteiger partial charge < -0.3 is 15.0 Å². The summed E-state index contributed by atoms with van der Waals surface area (Å²) in [7, 11) is 0. The number of allylic oxidation sites excluding steroid dienone is 3. The minimum absolute atomic E-state index is 0.0399. The number of rotatable bonds is 18. The summed E-state index contributed by atoms with van der Waals surface area (Å²) in [6, 6.07) is -2.79. The maximum atomic E-state index is 11.3. The Hall–Kier alpha value is -2.13. The molecule has 0 rings (SSSR count). The van der Waals surface area contributed by atoms with Crippen molar-refractivity contribution < 1.29 is 24.9 Å². The lowest BCUT2D eigenvalue weighted by molar-refractivity contribution is -0.554. The molecule has 0 aromatic carbocycles. The molecule has 0 fully saturated rings. The number of aliphatic hydroxyl groups excluding tert-OH is 2. The predicted molar refractivity (Wildman–Crippen MR) is 110 cm³/mol. The summed E-state index contributed by atoms with van der Waals surface area (Å²) in [5.74, 6) is 0. The molecule has 0 heterocycles. The second-order valence-electron chi connectivity index (χ2n) is 7.06. The average molecular weight is 414 g/mol. The van der Waals surface area contributed by atoms with Gasteiger partial charge in [0, 0.05) is 22.7 Å². The standard InChI is InChI=1S/C20H34N2O7/c1-2-3-4-5-8-11-14-19(24)18(22(28)29)16-20(25)17(21(26)27)13-10-7-6-9-12-15-23/h3-4,8,11,15,17-20,24-25H,2,5-7,9-10,12-14,16H2,1H3/b4-3-,11-8-. The number of nitro groups is 2. The first-order valence-corrected chi connectivity index (χ1v) is 10.2. The minimum atomic E-state index is -1.51. The van der Waals surface area contributed by atoms with Gasteiger partial charge in [-0.05, 0) is 32.1 Å². The highest BCUT2D eigenvalue weighted by atomic mass is 16.6. The van der Waals surface area contributed by atoms with E-state index in [0.29, 0.717) is 32.1 Å². The summed E-state index contributed by atoms with van der Waals surface area (Å²) in [5.41, 5.74) is 0. The van der Waals surface area contributed by atoms with Crippen LogP contribution in [0.25, 0.3) is 0 Å². The molecule has 2 N–H and O–H groups in total.